The Labute approximate surface area is 211 Å². The number of pyridine rings is 1. The molecule has 37 heavy (non-hydrogen) atoms. The van der Waals surface area contributed by atoms with E-state index in [0.717, 1.165) is 5.56 Å². The summed E-state index contributed by atoms with van der Waals surface area (Å²) in [5.41, 5.74) is 0.435. The third kappa shape index (κ3) is 3.67. The Bertz CT molecular complexity index is 1410. The lowest BCUT2D eigenvalue weighted by Gasteiger charge is -2.70. The fourth-order valence-corrected chi connectivity index (χ4v) is 6.18. The van der Waals surface area contributed by atoms with Gasteiger partial charge < -0.3 is 14.4 Å². The van der Waals surface area contributed by atoms with Crippen LogP contribution in [0.25, 0.3) is 11.0 Å². The Morgan fingerprint density at radius 2 is 1.97 bits per heavy atom. The van der Waals surface area contributed by atoms with Gasteiger partial charge in [-0.05, 0) is 39.2 Å². The van der Waals surface area contributed by atoms with Gasteiger partial charge in [0.15, 0.2) is 5.65 Å². The molecular weight excluding hydrogens is 487 g/mol. The van der Waals surface area contributed by atoms with Crippen molar-refractivity contribution in [1.82, 2.24) is 24.7 Å². The molecule has 4 fully saturated rings. The van der Waals surface area contributed by atoms with E-state index < -0.39 is 17.0 Å². The fraction of sp³-hybridized carbons (Fsp3) is 0.560. The van der Waals surface area contributed by atoms with Crippen LogP contribution >= 0.6 is 0 Å². The van der Waals surface area contributed by atoms with Crippen molar-refractivity contribution in [2.45, 2.75) is 63.6 Å². The van der Waals surface area contributed by atoms with Crippen LogP contribution in [0.3, 0.4) is 0 Å². The van der Waals surface area contributed by atoms with Crippen LogP contribution in [-0.2, 0) is 21.6 Å². The van der Waals surface area contributed by atoms with E-state index in [1.165, 1.54) is 0 Å². The molecule has 3 aromatic heterocycles. The van der Waals surface area contributed by atoms with Gasteiger partial charge in [0.05, 0.1) is 41.2 Å². The predicted molar refractivity (Wildman–Crippen MR) is 126 cm³/mol. The van der Waals surface area contributed by atoms with E-state index >= 15 is 0 Å². The molecule has 0 amide bonds. The summed E-state index contributed by atoms with van der Waals surface area (Å²) in [6.45, 7) is 4.96. The maximum atomic E-state index is 13.6. The molecule has 7 rings (SSSR count). The number of alkyl halides is 3. The summed E-state index contributed by atoms with van der Waals surface area (Å²) < 4.78 is 53.9. The van der Waals surface area contributed by atoms with E-state index in [1.54, 1.807) is 31.0 Å². The van der Waals surface area contributed by atoms with Crippen LogP contribution < -0.4 is 4.90 Å². The number of halogens is 3. The molecule has 4 aliphatic rings. The van der Waals surface area contributed by atoms with Gasteiger partial charge in [-0.3, -0.25) is 0 Å². The largest absolute Gasteiger partial charge is 0.394 e. The molecule has 0 unspecified atom stereocenters. The molecule has 0 spiro atoms. The number of aromatic nitrogens is 5. The number of nitrogens with zero attached hydrogens (tertiary/aromatic N) is 7. The monoisotopic (exact) mass is 513 g/mol. The molecule has 12 heteroatoms. The molecule has 4 heterocycles. The quantitative estimate of drug-likeness (QED) is 0.505. The number of rotatable bonds is 5. The Morgan fingerprint density at radius 1 is 1.22 bits per heavy atom. The van der Waals surface area contributed by atoms with Gasteiger partial charge in [-0.15, -0.1) is 0 Å². The van der Waals surface area contributed by atoms with Gasteiger partial charge in [0, 0.05) is 36.2 Å². The number of hydrogen-bond acceptors (Lipinski definition) is 8. The molecule has 0 aromatic carbocycles. The Hall–Kier alpha value is -3.30. The first kappa shape index (κ1) is 24.1. The Balaban J connectivity index is 1.39. The zero-order valence-corrected chi connectivity index (χ0v) is 20.7. The number of ether oxygens (including phenoxy) is 2. The lowest BCUT2D eigenvalue weighted by atomic mass is 9.33. The highest BCUT2D eigenvalue weighted by molar-refractivity contribution is 5.82. The van der Waals surface area contributed by atoms with Crippen LogP contribution in [0.5, 0.6) is 0 Å². The van der Waals surface area contributed by atoms with Crippen LogP contribution in [0, 0.1) is 23.7 Å². The molecule has 3 aliphatic carbocycles. The Kier molecular flexibility index (Phi) is 5.27. The molecule has 3 saturated carbocycles. The topological polar surface area (TPSA) is 102 Å². The van der Waals surface area contributed by atoms with Crippen molar-refractivity contribution >= 4 is 17.0 Å². The lowest BCUT2D eigenvalue weighted by Crippen LogP contribution is -2.70. The van der Waals surface area contributed by atoms with Gasteiger partial charge in [-0.2, -0.15) is 28.5 Å². The summed E-state index contributed by atoms with van der Waals surface area (Å²) in [4.78, 5) is 16.1. The number of methoxy groups -OCH3 is 1. The fourth-order valence-electron chi connectivity index (χ4n) is 6.18. The summed E-state index contributed by atoms with van der Waals surface area (Å²) in [6.07, 6.45) is -1.05. The Morgan fingerprint density at radius 3 is 2.65 bits per heavy atom. The van der Waals surface area contributed by atoms with E-state index in [2.05, 4.69) is 16.2 Å². The minimum absolute atomic E-state index is 0.00560. The third-order valence-corrected chi connectivity index (χ3v) is 7.95. The highest BCUT2D eigenvalue weighted by Crippen LogP contribution is 2.78. The summed E-state index contributed by atoms with van der Waals surface area (Å²) in [7, 11) is 1.59. The molecule has 0 N–H and O–H groups in total. The van der Waals surface area contributed by atoms with Gasteiger partial charge >= 0.3 is 6.18 Å². The molecule has 194 valence electrons. The first-order chi connectivity index (χ1) is 17.6. The van der Waals surface area contributed by atoms with Crippen LogP contribution in [0.2, 0.25) is 0 Å². The summed E-state index contributed by atoms with van der Waals surface area (Å²) in [5.74, 6) is 0.411. The average Bonchev–Trinajstić information content (AvgIpc) is 3.24. The van der Waals surface area contributed by atoms with Crippen molar-refractivity contribution in [3.05, 3.63) is 41.0 Å². The van der Waals surface area contributed by atoms with Crippen molar-refractivity contribution in [2.75, 3.05) is 25.1 Å². The minimum Gasteiger partial charge on any atom is -0.367 e. The van der Waals surface area contributed by atoms with E-state index in [0.29, 0.717) is 53.8 Å². The molecule has 2 atom stereocenters. The SMILES string of the molecule is COCn1cc([C@H]2CN(c3nc(C45CC(C(F)(F)F)(C4)C5)c4cc(C#N)c(C)nc4n3)C[C@@H](C)O2)cn1. The number of hydrogen-bond donors (Lipinski definition) is 0. The summed E-state index contributed by atoms with van der Waals surface area (Å²) >= 11 is 0. The van der Waals surface area contributed by atoms with E-state index in [-0.39, 0.29) is 31.5 Å². The van der Waals surface area contributed by atoms with E-state index in [1.807, 2.05) is 18.0 Å². The van der Waals surface area contributed by atoms with Gasteiger partial charge in [-0.25, -0.2) is 14.6 Å². The first-order valence-corrected chi connectivity index (χ1v) is 12.1. The zero-order valence-electron chi connectivity index (χ0n) is 20.7. The maximum absolute atomic E-state index is 13.6. The first-order valence-electron chi connectivity index (χ1n) is 12.1. The molecule has 1 saturated heterocycles. The second kappa shape index (κ2) is 8.10. The van der Waals surface area contributed by atoms with Gasteiger partial charge in [0.2, 0.25) is 5.95 Å². The number of nitriles is 1. The molecule has 1 aliphatic heterocycles. The van der Waals surface area contributed by atoms with Gasteiger partial charge in [0.25, 0.3) is 0 Å². The lowest BCUT2D eigenvalue weighted by molar-refractivity contribution is -0.337. The minimum atomic E-state index is -4.23. The number of fused-ring (bicyclic) bond motifs is 1. The zero-order chi connectivity index (χ0) is 26.2. The maximum Gasteiger partial charge on any atom is 0.394 e. The van der Waals surface area contributed by atoms with Crippen LogP contribution in [-0.4, -0.2) is 57.2 Å². The van der Waals surface area contributed by atoms with Crippen LogP contribution in [0.1, 0.15) is 54.8 Å². The molecule has 2 bridgehead atoms. The number of anilines is 1. The highest BCUT2D eigenvalue weighted by Gasteiger charge is 2.79. The van der Waals surface area contributed by atoms with Crippen molar-refractivity contribution in [2.24, 2.45) is 5.41 Å². The second-order valence-corrected chi connectivity index (χ2v) is 10.6. The molecule has 3 aromatic rings. The van der Waals surface area contributed by atoms with Gasteiger partial charge in [0.1, 0.15) is 18.9 Å². The highest BCUT2D eigenvalue weighted by atomic mass is 19.4. The predicted octanol–water partition coefficient (Wildman–Crippen LogP) is 3.96. The smallest absolute Gasteiger partial charge is 0.367 e. The average molecular weight is 514 g/mol. The van der Waals surface area contributed by atoms with Crippen LogP contribution in [0.15, 0.2) is 18.5 Å². The third-order valence-electron chi connectivity index (χ3n) is 7.95. The van der Waals surface area contributed by atoms with Crippen LogP contribution in [0.4, 0.5) is 19.1 Å². The summed E-state index contributed by atoms with van der Waals surface area (Å²) in [5, 5.41) is 14.4. The van der Waals surface area contributed by atoms with Crippen molar-refractivity contribution in [1.29, 1.82) is 5.26 Å². The molecule has 9 nitrogen and oxygen atoms in total. The van der Waals surface area contributed by atoms with Crippen molar-refractivity contribution in [3.8, 4) is 6.07 Å². The van der Waals surface area contributed by atoms with E-state index in [4.69, 9.17) is 19.4 Å². The summed E-state index contributed by atoms with van der Waals surface area (Å²) in [6, 6.07) is 3.80. The normalized spacial score (nSPS) is 29.1. The number of aryl methyl sites for hydroxylation is 1. The van der Waals surface area contributed by atoms with Gasteiger partial charge in [-0.1, -0.05) is 0 Å². The second-order valence-electron chi connectivity index (χ2n) is 10.6. The standard InChI is InChI=1S/C25H26F3N7O2/c1-14-7-34(9-19(37-14)17-6-30-35(8-17)13-36-3)22-32-20(23-10-24(11-23,12-23)25(26,27)28)18-4-16(5-29)15(2)31-21(18)33-22/h4,6,8,14,19H,7,9-13H2,1-3H3/t14-,19-,23?,24?/m1/s1. The van der Waals surface area contributed by atoms with E-state index in [9.17, 15) is 18.4 Å². The van der Waals surface area contributed by atoms with Crippen molar-refractivity contribution in [3.63, 3.8) is 0 Å². The molecule has 0 radical (unpaired) electrons. The van der Waals surface area contributed by atoms with Crippen molar-refractivity contribution < 1.29 is 22.6 Å². The number of morpholine rings is 1. The molecular formula is C25H26F3N7O2.